The van der Waals surface area contributed by atoms with E-state index in [0.717, 1.165) is 22.6 Å². The first-order chi connectivity index (χ1) is 16.2. The molecule has 0 spiro atoms. The number of halogens is 1. The second-order valence-electron chi connectivity index (χ2n) is 7.12. The number of methoxy groups -OCH3 is 1. The molecule has 0 unspecified atom stereocenters. The van der Waals surface area contributed by atoms with Gasteiger partial charge < -0.3 is 13.6 Å². The Morgan fingerprint density at radius 1 is 1.03 bits per heavy atom. The van der Waals surface area contributed by atoms with E-state index in [1.54, 1.807) is 31.7 Å². The van der Waals surface area contributed by atoms with Crippen LogP contribution in [0.2, 0.25) is 0 Å². The summed E-state index contributed by atoms with van der Waals surface area (Å²) in [5, 5.41) is 9.52. The first-order valence-electron chi connectivity index (χ1n) is 10.1. The molecule has 2 aromatic carbocycles. The number of hydrogen-bond donors (Lipinski definition) is 0. The smallest absolute Gasteiger partial charge is 0.205 e. The van der Waals surface area contributed by atoms with Gasteiger partial charge in [0, 0.05) is 11.1 Å². The SMILES string of the molecule is COc1cccc(-c2nnc(SCc3ncc(-c4ccc(F)cc4)o3)n2Cc2ccco2)c1. The summed E-state index contributed by atoms with van der Waals surface area (Å²) in [5.41, 5.74) is 1.65. The van der Waals surface area contributed by atoms with Crippen molar-refractivity contribution in [3.63, 3.8) is 0 Å². The van der Waals surface area contributed by atoms with Crippen molar-refractivity contribution in [1.29, 1.82) is 0 Å². The predicted octanol–water partition coefficient (Wildman–Crippen LogP) is 5.68. The molecule has 3 aromatic heterocycles. The van der Waals surface area contributed by atoms with Crippen LogP contribution < -0.4 is 4.74 Å². The predicted molar refractivity (Wildman–Crippen MR) is 121 cm³/mol. The van der Waals surface area contributed by atoms with Crippen molar-refractivity contribution in [2.75, 3.05) is 7.11 Å². The molecule has 0 saturated heterocycles. The van der Waals surface area contributed by atoms with E-state index < -0.39 is 0 Å². The van der Waals surface area contributed by atoms with Crippen LogP contribution in [-0.4, -0.2) is 26.9 Å². The van der Waals surface area contributed by atoms with Crippen LogP contribution in [0.3, 0.4) is 0 Å². The molecule has 0 aliphatic rings. The molecule has 0 atom stereocenters. The van der Waals surface area contributed by atoms with E-state index in [-0.39, 0.29) is 5.82 Å². The number of hydrogen-bond acceptors (Lipinski definition) is 7. The molecular weight excluding hydrogens is 443 g/mol. The number of furan rings is 1. The van der Waals surface area contributed by atoms with Gasteiger partial charge in [0.25, 0.3) is 0 Å². The van der Waals surface area contributed by atoms with Crippen molar-refractivity contribution in [2.45, 2.75) is 17.5 Å². The van der Waals surface area contributed by atoms with Crippen LogP contribution in [-0.2, 0) is 12.3 Å². The average Bonchev–Trinajstić information content (AvgIpc) is 3.60. The normalized spacial score (nSPS) is 11.1. The molecule has 166 valence electrons. The largest absolute Gasteiger partial charge is 0.497 e. The number of nitrogens with zero attached hydrogens (tertiary/aromatic N) is 4. The Kier molecular flexibility index (Phi) is 5.95. The molecule has 0 aliphatic heterocycles. The number of rotatable bonds is 8. The minimum absolute atomic E-state index is 0.295. The molecule has 0 saturated carbocycles. The summed E-state index contributed by atoms with van der Waals surface area (Å²) in [6, 6.07) is 17.5. The Morgan fingerprint density at radius 2 is 1.91 bits per heavy atom. The zero-order valence-corrected chi connectivity index (χ0v) is 18.5. The number of aromatic nitrogens is 4. The molecule has 0 aliphatic carbocycles. The fourth-order valence-corrected chi connectivity index (χ4v) is 4.11. The van der Waals surface area contributed by atoms with Gasteiger partial charge in [-0.25, -0.2) is 9.37 Å². The standard InChI is InChI=1S/C24H19FN4O3S/c1-30-19-5-2-4-17(12-19)23-27-28-24(29(23)14-20-6-3-11-31-20)33-15-22-26-13-21(32-22)16-7-9-18(25)10-8-16/h2-13H,14-15H2,1H3. The van der Waals surface area contributed by atoms with Crippen LogP contribution in [0, 0.1) is 5.82 Å². The maximum Gasteiger partial charge on any atom is 0.205 e. The highest BCUT2D eigenvalue weighted by molar-refractivity contribution is 7.98. The van der Waals surface area contributed by atoms with Crippen molar-refractivity contribution in [1.82, 2.24) is 19.7 Å². The fourth-order valence-electron chi connectivity index (χ4n) is 3.32. The third kappa shape index (κ3) is 4.68. The van der Waals surface area contributed by atoms with Gasteiger partial charge in [-0.15, -0.1) is 10.2 Å². The van der Waals surface area contributed by atoms with Crippen LogP contribution in [0.4, 0.5) is 4.39 Å². The molecule has 5 aromatic rings. The lowest BCUT2D eigenvalue weighted by Gasteiger charge is -2.09. The minimum Gasteiger partial charge on any atom is -0.497 e. The molecule has 0 amide bonds. The van der Waals surface area contributed by atoms with Crippen LogP contribution in [0.15, 0.2) is 87.1 Å². The summed E-state index contributed by atoms with van der Waals surface area (Å²) in [6.07, 6.45) is 3.28. The molecule has 0 N–H and O–H groups in total. The third-order valence-corrected chi connectivity index (χ3v) is 5.90. The highest BCUT2D eigenvalue weighted by Crippen LogP contribution is 2.30. The van der Waals surface area contributed by atoms with E-state index in [1.807, 2.05) is 41.0 Å². The van der Waals surface area contributed by atoms with Gasteiger partial charge in [0.15, 0.2) is 16.7 Å². The molecule has 7 nitrogen and oxygen atoms in total. The Hall–Kier alpha value is -3.85. The summed E-state index contributed by atoms with van der Waals surface area (Å²) in [6.45, 7) is 0.474. The highest BCUT2D eigenvalue weighted by atomic mass is 32.2. The lowest BCUT2D eigenvalue weighted by atomic mass is 10.2. The number of thioether (sulfide) groups is 1. The average molecular weight is 463 g/mol. The van der Waals surface area contributed by atoms with Crippen molar-refractivity contribution in [2.24, 2.45) is 0 Å². The van der Waals surface area contributed by atoms with Gasteiger partial charge in [0.2, 0.25) is 5.89 Å². The Labute approximate surface area is 193 Å². The number of ether oxygens (including phenoxy) is 1. The van der Waals surface area contributed by atoms with Crippen LogP contribution in [0.25, 0.3) is 22.7 Å². The molecule has 0 radical (unpaired) electrons. The van der Waals surface area contributed by atoms with Crippen molar-refractivity contribution < 1.29 is 18.0 Å². The summed E-state index contributed by atoms with van der Waals surface area (Å²) in [4.78, 5) is 4.35. The van der Waals surface area contributed by atoms with E-state index in [1.165, 1.54) is 23.9 Å². The van der Waals surface area contributed by atoms with Gasteiger partial charge in [-0.1, -0.05) is 23.9 Å². The topological polar surface area (TPSA) is 79.1 Å². The van der Waals surface area contributed by atoms with Crippen molar-refractivity contribution in [3.8, 4) is 28.5 Å². The molecule has 3 heterocycles. The minimum atomic E-state index is -0.295. The highest BCUT2D eigenvalue weighted by Gasteiger charge is 2.18. The van der Waals surface area contributed by atoms with E-state index in [4.69, 9.17) is 13.6 Å². The van der Waals surface area contributed by atoms with Crippen molar-refractivity contribution >= 4 is 11.8 Å². The maximum absolute atomic E-state index is 13.2. The lowest BCUT2D eigenvalue weighted by Crippen LogP contribution is -2.03. The quantitative estimate of drug-likeness (QED) is 0.274. The summed E-state index contributed by atoms with van der Waals surface area (Å²) in [7, 11) is 1.63. The van der Waals surface area contributed by atoms with Gasteiger partial charge in [-0.3, -0.25) is 4.57 Å². The van der Waals surface area contributed by atoms with Crippen molar-refractivity contribution in [3.05, 3.63) is 90.6 Å². The van der Waals surface area contributed by atoms with E-state index in [2.05, 4.69) is 15.2 Å². The molecular formula is C24H19FN4O3S. The zero-order chi connectivity index (χ0) is 22.6. The van der Waals surface area contributed by atoms with E-state index in [0.29, 0.717) is 34.9 Å². The number of oxazole rings is 1. The summed E-state index contributed by atoms with van der Waals surface area (Å²) >= 11 is 1.46. The first kappa shape index (κ1) is 21.0. The van der Waals surface area contributed by atoms with Crippen LogP contribution >= 0.6 is 11.8 Å². The van der Waals surface area contributed by atoms with Gasteiger partial charge in [-0.05, 0) is 48.5 Å². The summed E-state index contributed by atoms with van der Waals surface area (Å²) in [5.74, 6) is 3.51. The van der Waals surface area contributed by atoms with E-state index in [9.17, 15) is 4.39 Å². The van der Waals surface area contributed by atoms with Crippen LogP contribution in [0.5, 0.6) is 5.75 Å². The molecule has 33 heavy (non-hydrogen) atoms. The first-order valence-corrected chi connectivity index (χ1v) is 11.1. The Balaban J connectivity index is 1.40. The Bertz CT molecular complexity index is 1350. The summed E-state index contributed by atoms with van der Waals surface area (Å²) < 4.78 is 31.9. The maximum atomic E-state index is 13.2. The molecule has 0 fully saturated rings. The lowest BCUT2D eigenvalue weighted by molar-refractivity contribution is 0.415. The van der Waals surface area contributed by atoms with Crippen LogP contribution in [0.1, 0.15) is 11.7 Å². The van der Waals surface area contributed by atoms with Gasteiger partial charge >= 0.3 is 0 Å². The second kappa shape index (κ2) is 9.33. The second-order valence-corrected chi connectivity index (χ2v) is 8.06. The third-order valence-electron chi connectivity index (χ3n) is 4.95. The van der Waals surface area contributed by atoms with Gasteiger partial charge in [-0.2, -0.15) is 0 Å². The van der Waals surface area contributed by atoms with Gasteiger partial charge in [0.05, 0.1) is 31.9 Å². The monoisotopic (exact) mass is 462 g/mol. The molecule has 0 bridgehead atoms. The zero-order valence-electron chi connectivity index (χ0n) is 17.6. The van der Waals surface area contributed by atoms with E-state index >= 15 is 0 Å². The fraction of sp³-hybridized carbons (Fsp3) is 0.125. The molecule has 5 rings (SSSR count). The van der Waals surface area contributed by atoms with Gasteiger partial charge in [0.1, 0.15) is 17.3 Å². The number of benzene rings is 2. The Morgan fingerprint density at radius 3 is 2.70 bits per heavy atom. The molecule has 9 heteroatoms.